The summed E-state index contributed by atoms with van der Waals surface area (Å²) in [5.41, 5.74) is 3.64. The molecule has 4 rings (SSSR count). The Morgan fingerprint density at radius 1 is 1.07 bits per heavy atom. The van der Waals surface area contributed by atoms with Gasteiger partial charge in [-0.3, -0.25) is 9.59 Å². The largest absolute Gasteiger partial charge is 0.350 e. The maximum atomic E-state index is 12.9. The molecule has 0 aliphatic heterocycles. The number of fused-ring (bicyclic) bond motifs is 1. The molecule has 0 saturated carbocycles. The lowest BCUT2D eigenvalue weighted by atomic mass is 10.1. The van der Waals surface area contributed by atoms with Gasteiger partial charge in [-0.05, 0) is 30.7 Å². The number of hydrogen-bond donors (Lipinski definition) is 1. The Balaban J connectivity index is 1.51. The van der Waals surface area contributed by atoms with Crippen LogP contribution >= 0.6 is 0 Å². The summed E-state index contributed by atoms with van der Waals surface area (Å²) >= 11 is 0. The van der Waals surface area contributed by atoms with Crippen LogP contribution in [0.5, 0.6) is 0 Å². The molecule has 1 N–H and O–H groups in total. The first-order valence-electron chi connectivity index (χ1n) is 9.16. The van der Waals surface area contributed by atoms with E-state index in [0.717, 1.165) is 16.7 Å². The number of carbonyl (C=O) groups is 1. The van der Waals surface area contributed by atoms with Crippen LogP contribution in [-0.2, 0) is 17.9 Å². The molecular formula is C22H19FN4O2. The predicted molar refractivity (Wildman–Crippen MR) is 108 cm³/mol. The molecule has 0 radical (unpaired) electrons. The first kappa shape index (κ1) is 18.6. The number of nitrogens with one attached hydrogen (secondary N) is 1. The maximum Gasteiger partial charge on any atom is 0.277 e. The fourth-order valence-electron chi connectivity index (χ4n) is 3.03. The molecule has 0 spiro atoms. The minimum atomic E-state index is -0.328. The zero-order valence-corrected chi connectivity index (χ0v) is 15.8. The van der Waals surface area contributed by atoms with Crippen LogP contribution in [-0.4, -0.2) is 20.1 Å². The van der Waals surface area contributed by atoms with Crippen molar-refractivity contribution >= 4 is 11.4 Å². The number of halogens is 1. The number of nitrogens with zero attached hydrogens (tertiary/aromatic N) is 3. The molecule has 0 atom stereocenters. The molecule has 0 saturated heterocycles. The number of aromatic nitrogens is 3. The Morgan fingerprint density at radius 2 is 1.79 bits per heavy atom. The van der Waals surface area contributed by atoms with E-state index >= 15 is 0 Å². The molecule has 29 heavy (non-hydrogen) atoms. The second kappa shape index (κ2) is 7.71. The monoisotopic (exact) mass is 390 g/mol. The van der Waals surface area contributed by atoms with E-state index in [2.05, 4.69) is 10.4 Å². The summed E-state index contributed by atoms with van der Waals surface area (Å²) in [6, 6.07) is 15.5. The summed E-state index contributed by atoms with van der Waals surface area (Å²) in [6.07, 6.45) is 3.19. The van der Waals surface area contributed by atoms with Gasteiger partial charge in [0.25, 0.3) is 5.56 Å². The van der Waals surface area contributed by atoms with Crippen LogP contribution in [0.4, 0.5) is 4.39 Å². The van der Waals surface area contributed by atoms with Gasteiger partial charge in [-0.25, -0.2) is 8.91 Å². The predicted octanol–water partition coefficient (Wildman–Crippen LogP) is 2.93. The Hall–Kier alpha value is -3.74. The third-order valence-corrected chi connectivity index (χ3v) is 4.67. The van der Waals surface area contributed by atoms with Crippen molar-refractivity contribution in [2.45, 2.75) is 20.0 Å². The van der Waals surface area contributed by atoms with Crippen LogP contribution in [0, 0.1) is 12.7 Å². The number of carbonyl (C=O) groups excluding carboxylic acids is 1. The van der Waals surface area contributed by atoms with Crippen LogP contribution in [0.3, 0.4) is 0 Å². The second-order valence-corrected chi connectivity index (χ2v) is 6.86. The molecule has 1 amide bonds. The molecule has 2 aromatic carbocycles. The van der Waals surface area contributed by atoms with Crippen molar-refractivity contribution in [2.24, 2.45) is 0 Å². The highest BCUT2D eigenvalue weighted by Gasteiger charge is 2.11. The molecule has 0 aliphatic carbocycles. The van der Waals surface area contributed by atoms with Gasteiger partial charge in [0.15, 0.2) is 0 Å². The van der Waals surface area contributed by atoms with Crippen molar-refractivity contribution in [2.75, 3.05) is 0 Å². The van der Waals surface area contributed by atoms with Crippen LogP contribution < -0.4 is 10.9 Å². The molecule has 0 unspecified atom stereocenters. The van der Waals surface area contributed by atoms with E-state index < -0.39 is 0 Å². The molecule has 7 heteroatoms. The van der Waals surface area contributed by atoms with Gasteiger partial charge >= 0.3 is 0 Å². The van der Waals surface area contributed by atoms with Crippen molar-refractivity contribution < 1.29 is 9.18 Å². The Morgan fingerprint density at radius 3 is 2.52 bits per heavy atom. The van der Waals surface area contributed by atoms with Crippen LogP contribution in [0.15, 0.2) is 71.8 Å². The Labute approximate surface area is 166 Å². The average molecular weight is 390 g/mol. The van der Waals surface area contributed by atoms with Crippen molar-refractivity contribution in [3.63, 3.8) is 0 Å². The van der Waals surface area contributed by atoms with Crippen LogP contribution in [0.2, 0.25) is 0 Å². The summed E-state index contributed by atoms with van der Waals surface area (Å²) in [5, 5.41) is 7.18. The standard InChI is InChI=1S/C22H19FN4O2/c1-15-2-6-17(7-3-15)19-12-20-22(29)26(10-11-27(20)25-19)14-21(28)24-13-16-4-8-18(23)9-5-16/h2-12H,13-14H2,1H3,(H,24,28). The topological polar surface area (TPSA) is 68.4 Å². The summed E-state index contributed by atoms with van der Waals surface area (Å²) in [4.78, 5) is 25.0. The number of hydrogen-bond acceptors (Lipinski definition) is 3. The highest BCUT2D eigenvalue weighted by Crippen LogP contribution is 2.18. The number of rotatable bonds is 5. The van der Waals surface area contributed by atoms with Crippen LogP contribution in [0.25, 0.3) is 16.8 Å². The molecule has 6 nitrogen and oxygen atoms in total. The zero-order valence-electron chi connectivity index (χ0n) is 15.8. The summed E-state index contributed by atoms with van der Waals surface area (Å²) < 4.78 is 15.8. The van der Waals surface area contributed by atoms with Crippen molar-refractivity contribution in [1.29, 1.82) is 0 Å². The van der Waals surface area contributed by atoms with Crippen LogP contribution in [0.1, 0.15) is 11.1 Å². The van der Waals surface area contributed by atoms with Crippen molar-refractivity contribution in [1.82, 2.24) is 19.5 Å². The van der Waals surface area contributed by atoms with E-state index in [9.17, 15) is 14.0 Å². The quantitative estimate of drug-likeness (QED) is 0.570. The fraction of sp³-hybridized carbons (Fsp3) is 0.136. The van der Waals surface area contributed by atoms with E-state index in [-0.39, 0.29) is 30.4 Å². The summed E-state index contributed by atoms with van der Waals surface area (Å²) in [6.45, 7) is 2.16. The van der Waals surface area contributed by atoms with Gasteiger partial charge in [-0.1, -0.05) is 42.0 Å². The normalized spacial score (nSPS) is 11.0. The lowest BCUT2D eigenvalue weighted by molar-refractivity contribution is -0.121. The van der Waals surface area contributed by atoms with E-state index in [1.807, 2.05) is 31.2 Å². The van der Waals surface area contributed by atoms with Gasteiger partial charge in [0, 0.05) is 24.5 Å². The van der Waals surface area contributed by atoms with Gasteiger partial charge in [0.2, 0.25) is 5.91 Å². The smallest absolute Gasteiger partial charge is 0.277 e. The van der Waals surface area contributed by atoms with Crippen molar-refractivity contribution in [3.05, 3.63) is 94.3 Å². The molecule has 4 aromatic rings. The van der Waals surface area contributed by atoms with Gasteiger partial charge in [0.1, 0.15) is 17.9 Å². The first-order chi connectivity index (χ1) is 14.0. The van der Waals surface area contributed by atoms with E-state index in [4.69, 9.17) is 0 Å². The third-order valence-electron chi connectivity index (χ3n) is 4.67. The molecule has 0 aliphatic rings. The lowest BCUT2D eigenvalue weighted by Crippen LogP contribution is -2.32. The fourth-order valence-corrected chi connectivity index (χ4v) is 3.03. The highest BCUT2D eigenvalue weighted by atomic mass is 19.1. The Bertz CT molecular complexity index is 1220. The Kier molecular flexibility index (Phi) is 4.95. The molecule has 0 bridgehead atoms. The second-order valence-electron chi connectivity index (χ2n) is 6.86. The third kappa shape index (κ3) is 4.08. The van der Waals surface area contributed by atoms with Gasteiger partial charge < -0.3 is 9.88 Å². The molecule has 2 aromatic heterocycles. The van der Waals surface area contributed by atoms with Gasteiger partial charge in [-0.2, -0.15) is 5.10 Å². The molecule has 146 valence electrons. The summed E-state index contributed by atoms with van der Waals surface area (Å²) in [5.74, 6) is -0.634. The van der Waals surface area contributed by atoms with E-state index in [1.165, 1.54) is 21.2 Å². The molecule has 2 heterocycles. The maximum absolute atomic E-state index is 12.9. The van der Waals surface area contributed by atoms with Gasteiger partial charge in [-0.15, -0.1) is 0 Å². The van der Waals surface area contributed by atoms with E-state index in [1.54, 1.807) is 30.6 Å². The molecule has 0 fully saturated rings. The minimum Gasteiger partial charge on any atom is -0.350 e. The lowest BCUT2D eigenvalue weighted by Gasteiger charge is -2.08. The number of aryl methyl sites for hydroxylation is 1. The number of benzene rings is 2. The van der Waals surface area contributed by atoms with E-state index in [0.29, 0.717) is 11.2 Å². The first-order valence-corrected chi connectivity index (χ1v) is 9.16. The minimum absolute atomic E-state index is 0.110. The highest BCUT2D eigenvalue weighted by molar-refractivity contribution is 5.76. The zero-order chi connectivity index (χ0) is 20.4. The SMILES string of the molecule is Cc1ccc(-c2cc3c(=O)n(CC(=O)NCc4ccc(F)cc4)ccn3n2)cc1. The summed E-state index contributed by atoms with van der Waals surface area (Å²) in [7, 11) is 0. The van der Waals surface area contributed by atoms with Gasteiger partial charge in [0.05, 0.1) is 5.69 Å². The number of amides is 1. The average Bonchev–Trinajstić information content (AvgIpc) is 3.15. The van der Waals surface area contributed by atoms with Crippen molar-refractivity contribution in [3.8, 4) is 11.3 Å². The molecular weight excluding hydrogens is 371 g/mol.